The molecule has 0 bridgehead atoms. The van der Waals surface area contributed by atoms with Gasteiger partial charge in [0.2, 0.25) is 5.95 Å². The molecule has 0 amide bonds. The Balaban J connectivity index is 1.76. The number of nitro benzene ring substituents is 1. The Morgan fingerprint density at radius 3 is 2.56 bits per heavy atom. The van der Waals surface area contributed by atoms with Gasteiger partial charge in [-0.3, -0.25) is 10.1 Å². The minimum Gasteiger partial charge on any atom is -0.352 e. The lowest BCUT2D eigenvalue weighted by Gasteiger charge is -2.09. The van der Waals surface area contributed by atoms with Gasteiger partial charge in [-0.05, 0) is 17.5 Å². The maximum atomic E-state index is 11.0. The summed E-state index contributed by atoms with van der Waals surface area (Å²) in [5.41, 5.74) is 4.16. The highest BCUT2D eigenvalue weighted by Gasteiger charge is 2.12. The molecule has 0 radical (unpaired) electrons. The van der Waals surface area contributed by atoms with Crippen LogP contribution in [0.25, 0.3) is 11.3 Å². The smallest absolute Gasteiger partial charge is 0.270 e. The number of benzene rings is 2. The first-order chi connectivity index (χ1) is 12.1. The number of nitrogens with one attached hydrogen (secondary N) is 1. The standard InChI is InChI=1S/C19H20N4O2/c1-3-14-7-9-15(10-8-14)12-20-19-21-13-18(22(19)2)16-5-4-6-17(11-16)23(24)25/h4-11,13H,3,12H2,1-2H3,(H,20,21). The highest BCUT2D eigenvalue weighted by Crippen LogP contribution is 2.25. The normalized spacial score (nSPS) is 10.6. The number of hydrogen-bond donors (Lipinski definition) is 1. The maximum Gasteiger partial charge on any atom is 0.270 e. The van der Waals surface area contributed by atoms with Gasteiger partial charge in [0.05, 0.1) is 16.8 Å². The molecule has 1 N–H and O–H groups in total. The maximum absolute atomic E-state index is 11.0. The zero-order valence-electron chi connectivity index (χ0n) is 14.3. The minimum absolute atomic E-state index is 0.0734. The summed E-state index contributed by atoms with van der Waals surface area (Å²) in [5.74, 6) is 0.723. The lowest BCUT2D eigenvalue weighted by Crippen LogP contribution is -2.05. The Labute approximate surface area is 146 Å². The molecule has 0 spiro atoms. The van der Waals surface area contributed by atoms with Gasteiger partial charge < -0.3 is 9.88 Å². The van der Waals surface area contributed by atoms with Crippen LogP contribution in [0.15, 0.2) is 54.7 Å². The van der Waals surface area contributed by atoms with E-state index in [4.69, 9.17) is 0 Å². The molecule has 1 aromatic heterocycles. The number of aromatic nitrogens is 2. The fraction of sp³-hybridized carbons (Fsp3) is 0.211. The Morgan fingerprint density at radius 2 is 1.88 bits per heavy atom. The van der Waals surface area contributed by atoms with E-state index in [1.165, 1.54) is 17.2 Å². The molecule has 3 rings (SSSR count). The van der Waals surface area contributed by atoms with Crippen LogP contribution in [0.1, 0.15) is 18.1 Å². The average Bonchev–Trinajstić information content (AvgIpc) is 3.01. The molecule has 0 saturated carbocycles. The van der Waals surface area contributed by atoms with Crippen molar-refractivity contribution in [2.24, 2.45) is 7.05 Å². The van der Waals surface area contributed by atoms with Gasteiger partial charge in [0.1, 0.15) is 0 Å². The van der Waals surface area contributed by atoms with Crippen LogP contribution >= 0.6 is 0 Å². The van der Waals surface area contributed by atoms with Gasteiger partial charge >= 0.3 is 0 Å². The number of anilines is 1. The van der Waals surface area contributed by atoms with E-state index in [-0.39, 0.29) is 10.6 Å². The van der Waals surface area contributed by atoms with Crippen molar-refractivity contribution in [1.82, 2.24) is 9.55 Å². The topological polar surface area (TPSA) is 73.0 Å². The van der Waals surface area contributed by atoms with Crippen molar-refractivity contribution in [3.8, 4) is 11.3 Å². The molecule has 0 saturated heterocycles. The van der Waals surface area contributed by atoms with Crippen molar-refractivity contribution in [2.75, 3.05) is 5.32 Å². The van der Waals surface area contributed by atoms with Gasteiger partial charge in [0.25, 0.3) is 5.69 Å². The van der Waals surface area contributed by atoms with Crippen molar-refractivity contribution in [2.45, 2.75) is 19.9 Å². The first-order valence-electron chi connectivity index (χ1n) is 8.16. The fourth-order valence-corrected chi connectivity index (χ4v) is 2.69. The van der Waals surface area contributed by atoms with Gasteiger partial charge in [0, 0.05) is 31.3 Å². The largest absolute Gasteiger partial charge is 0.352 e. The molecule has 6 nitrogen and oxygen atoms in total. The third-order valence-corrected chi connectivity index (χ3v) is 4.22. The summed E-state index contributed by atoms with van der Waals surface area (Å²) in [7, 11) is 1.89. The highest BCUT2D eigenvalue weighted by molar-refractivity contribution is 5.64. The molecule has 0 aliphatic heterocycles. The summed E-state index contributed by atoms with van der Waals surface area (Å²) in [4.78, 5) is 15.0. The van der Waals surface area contributed by atoms with E-state index >= 15 is 0 Å². The predicted molar refractivity (Wildman–Crippen MR) is 98.4 cm³/mol. The van der Waals surface area contributed by atoms with Crippen molar-refractivity contribution < 1.29 is 4.92 Å². The first kappa shape index (κ1) is 16.7. The van der Waals surface area contributed by atoms with Gasteiger partial charge in [0.15, 0.2) is 0 Å². The monoisotopic (exact) mass is 336 g/mol. The average molecular weight is 336 g/mol. The van der Waals surface area contributed by atoms with Crippen molar-refractivity contribution in [1.29, 1.82) is 0 Å². The lowest BCUT2D eigenvalue weighted by molar-refractivity contribution is -0.384. The van der Waals surface area contributed by atoms with Crippen molar-refractivity contribution in [3.05, 3.63) is 76.0 Å². The zero-order chi connectivity index (χ0) is 17.8. The summed E-state index contributed by atoms with van der Waals surface area (Å²) >= 11 is 0. The summed E-state index contributed by atoms with van der Waals surface area (Å²) in [6.45, 7) is 2.81. The number of aryl methyl sites for hydroxylation is 1. The number of rotatable bonds is 6. The van der Waals surface area contributed by atoms with E-state index in [0.717, 1.165) is 23.6 Å². The third kappa shape index (κ3) is 3.68. The molecule has 0 fully saturated rings. The molecule has 6 heteroatoms. The van der Waals surface area contributed by atoms with Crippen LogP contribution < -0.4 is 5.32 Å². The number of nitro groups is 1. The fourth-order valence-electron chi connectivity index (χ4n) is 2.69. The van der Waals surface area contributed by atoms with Crippen LogP contribution in [-0.2, 0) is 20.0 Å². The lowest BCUT2D eigenvalue weighted by atomic mass is 10.1. The molecule has 0 aliphatic carbocycles. The first-order valence-corrected chi connectivity index (χ1v) is 8.16. The molecule has 128 valence electrons. The van der Waals surface area contributed by atoms with Crippen LogP contribution in [0.3, 0.4) is 0 Å². The van der Waals surface area contributed by atoms with Crippen LogP contribution in [0.2, 0.25) is 0 Å². The second-order valence-electron chi connectivity index (χ2n) is 5.86. The van der Waals surface area contributed by atoms with E-state index < -0.39 is 0 Å². The zero-order valence-corrected chi connectivity index (χ0v) is 14.3. The van der Waals surface area contributed by atoms with Crippen LogP contribution in [0, 0.1) is 10.1 Å². The third-order valence-electron chi connectivity index (χ3n) is 4.22. The summed E-state index contributed by atoms with van der Waals surface area (Å²) in [6, 6.07) is 15.0. The Bertz CT molecular complexity index is 885. The van der Waals surface area contributed by atoms with E-state index in [0.29, 0.717) is 6.54 Å². The Hall–Kier alpha value is -3.15. The number of imidazole rings is 1. The summed E-state index contributed by atoms with van der Waals surface area (Å²) in [6.07, 6.45) is 2.75. The van der Waals surface area contributed by atoms with Crippen molar-refractivity contribution in [3.63, 3.8) is 0 Å². The molecular weight excluding hydrogens is 316 g/mol. The SMILES string of the molecule is CCc1ccc(CNc2ncc(-c3cccc([N+](=O)[O-])c3)n2C)cc1. The van der Waals surface area contributed by atoms with E-state index in [1.54, 1.807) is 18.3 Å². The van der Waals surface area contributed by atoms with Crippen LogP contribution in [0.5, 0.6) is 0 Å². The molecular formula is C19H20N4O2. The molecule has 3 aromatic rings. The molecule has 25 heavy (non-hydrogen) atoms. The highest BCUT2D eigenvalue weighted by atomic mass is 16.6. The summed E-state index contributed by atoms with van der Waals surface area (Å²) in [5, 5.41) is 14.3. The molecule has 2 aromatic carbocycles. The Kier molecular flexibility index (Phi) is 4.79. The molecule has 0 unspecified atom stereocenters. The minimum atomic E-state index is -0.390. The quantitative estimate of drug-likeness (QED) is 0.541. The van der Waals surface area contributed by atoms with Gasteiger partial charge in [-0.15, -0.1) is 0 Å². The number of non-ortho nitro benzene ring substituents is 1. The van der Waals surface area contributed by atoms with Gasteiger partial charge in [-0.2, -0.15) is 0 Å². The number of nitrogens with zero attached hydrogens (tertiary/aromatic N) is 3. The van der Waals surface area contributed by atoms with Crippen LogP contribution in [-0.4, -0.2) is 14.5 Å². The van der Waals surface area contributed by atoms with Gasteiger partial charge in [-0.25, -0.2) is 4.98 Å². The van der Waals surface area contributed by atoms with Gasteiger partial charge in [-0.1, -0.05) is 43.3 Å². The second kappa shape index (κ2) is 7.17. The van der Waals surface area contributed by atoms with E-state index in [9.17, 15) is 10.1 Å². The predicted octanol–water partition coefficient (Wildman–Crippen LogP) is 4.17. The molecule has 0 atom stereocenters. The van der Waals surface area contributed by atoms with E-state index in [2.05, 4.69) is 41.5 Å². The van der Waals surface area contributed by atoms with E-state index in [1.807, 2.05) is 17.7 Å². The van der Waals surface area contributed by atoms with Crippen molar-refractivity contribution >= 4 is 11.6 Å². The van der Waals surface area contributed by atoms with Crippen LogP contribution in [0.4, 0.5) is 11.6 Å². The summed E-state index contributed by atoms with van der Waals surface area (Å²) < 4.78 is 1.90. The Morgan fingerprint density at radius 1 is 1.16 bits per heavy atom. The number of hydrogen-bond acceptors (Lipinski definition) is 4. The molecule has 1 heterocycles. The molecule has 0 aliphatic rings. The second-order valence-corrected chi connectivity index (χ2v) is 5.86.